The number of carbonyl (C=O) groups excluding carboxylic acids is 2. The van der Waals surface area contributed by atoms with Crippen molar-refractivity contribution in [2.45, 2.75) is 32.6 Å². The maximum atomic E-state index is 13.1. The van der Waals surface area contributed by atoms with Crippen LogP contribution in [0.5, 0.6) is 0 Å². The van der Waals surface area contributed by atoms with Crippen LogP contribution in [0.3, 0.4) is 0 Å². The van der Waals surface area contributed by atoms with Crippen LogP contribution in [0.25, 0.3) is 33.1 Å². The first kappa shape index (κ1) is 18.6. The Kier molecular flexibility index (Phi) is 4.62. The lowest BCUT2D eigenvalue weighted by molar-refractivity contribution is 0.0608. The van der Waals surface area contributed by atoms with Gasteiger partial charge in [-0.25, -0.2) is 0 Å². The molecule has 0 fully saturated rings. The maximum Gasteiger partial charge on any atom is 0.261 e. The summed E-state index contributed by atoms with van der Waals surface area (Å²) in [5.41, 5.74) is 2.90. The molecule has 0 N–H and O–H groups in total. The van der Waals surface area contributed by atoms with Gasteiger partial charge in [0, 0.05) is 34.0 Å². The first-order chi connectivity index (χ1) is 14.7. The highest BCUT2D eigenvalue weighted by Gasteiger charge is 2.33. The molecule has 150 valence electrons. The van der Waals surface area contributed by atoms with Crippen LogP contribution < -0.4 is 0 Å². The lowest BCUT2D eigenvalue weighted by atomic mass is 9.90. The van der Waals surface area contributed by atoms with Crippen LogP contribution in [-0.4, -0.2) is 23.3 Å². The first-order valence-electron chi connectivity index (χ1n) is 10.6. The molecule has 2 heterocycles. The molecule has 0 bridgehead atoms. The number of nitrogens with zero attached hydrogens (tertiary/aromatic N) is 1. The van der Waals surface area contributed by atoms with E-state index in [2.05, 4.69) is 6.92 Å². The summed E-state index contributed by atoms with van der Waals surface area (Å²) in [6, 6.07) is 19.3. The van der Waals surface area contributed by atoms with Crippen molar-refractivity contribution >= 4 is 33.6 Å². The van der Waals surface area contributed by atoms with Crippen LogP contribution in [0.1, 0.15) is 53.3 Å². The van der Waals surface area contributed by atoms with Crippen molar-refractivity contribution in [3.8, 4) is 11.3 Å². The van der Waals surface area contributed by atoms with Crippen molar-refractivity contribution in [1.29, 1.82) is 0 Å². The fraction of sp³-hybridized carbons (Fsp3) is 0.231. The number of imide groups is 1. The SMILES string of the molecule is CCCCCCN1C(=O)c2cccc3c(-c4cc5ccccc5o4)ccc(c23)C1=O. The highest BCUT2D eigenvalue weighted by molar-refractivity contribution is 6.26. The third-order valence-electron chi connectivity index (χ3n) is 5.92. The third kappa shape index (κ3) is 2.91. The van der Waals surface area contributed by atoms with Gasteiger partial charge >= 0.3 is 0 Å². The minimum atomic E-state index is -0.198. The summed E-state index contributed by atoms with van der Waals surface area (Å²) >= 11 is 0. The van der Waals surface area contributed by atoms with Gasteiger partial charge in [-0.15, -0.1) is 0 Å². The summed E-state index contributed by atoms with van der Waals surface area (Å²) < 4.78 is 6.06. The van der Waals surface area contributed by atoms with E-state index in [4.69, 9.17) is 4.42 Å². The van der Waals surface area contributed by atoms with Crippen LogP contribution >= 0.6 is 0 Å². The second kappa shape index (κ2) is 7.45. The summed E-state index contributed by atoms with van der Waals surface area (Å²) in [6.45, 7) is 2.62. The van der Waals surface area contributed by atoms with Gasteiger partial charge in [0.1, 0.15) is 11.3 Å². The predicted octanol–water partition coefficient (Wildman–Crippen LogP) is 6.43. The Morgan fingerprint density at radius 1 is 0.800 bits per heavy atom. The zero-order valence-corrected chi connectivity index (χ0v) is 17.0. The Morgan fingerprint density at radius 2 is 1.57 bits per heavy atom. The van der Waals surface area contributed by atoms with E-state index in [1.54, 1.807) is 0 Å². The highest BCUT2D eigenvalue weighted by atomic mass is 16.3. The number of hydrogen-bond acceptors (Lipinski definition) is 3. The number of benzene rings is 3. The molecule has 0 unspecified atom stereocenters. The predicted molar refractivity (Wildman–Crippen MR) is 119 cm³/mol. The number of hydrogen-bond donors (Lipinski definition) is 0. The Labute approximate surface area is 175 Å². The molecule has 5 rings (SSSR count). The number of furan rings is 1. The number of carbonyl (C=O) groups is 2. The number of para-hydroxylation sites is 1. The molecule has 0 radical (unpaired) electrons. The molecule has 0 aliphatic carbocycles. The minimum absolute atomic E-state index is 0.198. The normalized spacial score (nSPS) is 13.6. The summed E-state index contributed by atoms with van der Waals surface area (Å²) in [4.78, 5) is 27.7. The van der Waals surface area contributed by atoms with Gasteiger partial charge in [-0.1, -0.05) is 56.5 Å². The second-order valence-electron chi connectivity index (χ2n) is 7.86. The van der Waals surface area contributed by atoms with Gasteiger partial charge in [-0.05, 0) is 42.1 Å². The highest BCUT2D eigenvalue weighted by Crippen LogP contribution is 2.38. The van der Waals surface area contributed by atoms with E-state index in [9.17, 15) is 9.59 Å². The van der Waals surface area contributed by atoms with Crippen molar-refractivity contribution in [3.05, 3.63) is 71.8 Å². The van der Waals surface area contributed by atoms with E-state index >= 15 is 0 Å². The van der Waals surface area contributed by atoms with Crippen molar-refractivity contribution in [2.75, 3.05) is 6.54 Å². The molecule has 1 aliphatic rings. The Morgan fingerprint density at radius 3 is 2.37 bits per heavy atom. The monoisotopic (exact) mass is 397 g/mol. The summed E-state index contributed by atoms with van der Waals surface area (Å²) in [5, 5.41) is 2.63. The molecular formula is C26H23NO3. The summed E-state index contributed by atoms with van der Waals surface area (Å²) in [6.07, 6.45) is 4.10. The Hall–Kier alpha value is -3.40. The summed E-state index contributed by atoms with van der Waals surface area (Å²) in [5.74, 6) is 0.342. The molecule has 0 spiro atoms. The molecular weight excluding hydrogens is 374 g/mol. The average Bonchev–Trinajstić information content (AvgIpc) is 3.20. The molecule has 4 nitrogen and oxygen atoms in total. The van der Waals surface area contributed by atoms with Crippen molar-refractivity contribution in [1.82, 2.24) is 4.90 Å². The zero-order valence-electron chi connectivity index (χ0n) is 17.0. The van der Waals surface area contributed by atoms with Gasteiger partial charge < -0.3 is 4.42 Å². The standard InChI is InChI=1S/C26H23NO3/c1-2-3-4-7-15-27-25(28)20-11-8-10-19-18(13-14-21(24(19)20)26(27)29)23-16-17-9-5-6-12-22(17)30-23/h5-6,8-14,16H,2-4,7,15H2,1H3. The van der Waals surface area contributed by atoms with E-state index in [-0.39, 0.29) is 11.8 Å². The number of amides is 2. The molecule has 0 atom stereocenters. The summed E-state index contributed by atoms with van der Waals surface area (Å²) in [7, 11) is 0. The van der Waals surface area contributed by atoms with Gasteiger partial charge in [0.25, 0.3) is 11.8 Å². The van der Waals surface area contributed by atoms with Crippen LogP contribution in [0.4, 0.5) is 0 Å². The third-order valence-corrected chi connectivity index (χ3v) is 5.92. The van der Waals surface area contributed by atoms with Crippen molar-refractivity contribution in [3.63, 3.8) is 0 Å². The largest absolute Gasteiger partial charge is 0.456 e. The van der Waals surface area contributed by atoms with E-state index in [0.717, 1.165) is 58.7 Å². The Bertz CT molecular complexity index is 1230. The van der Waals surface area contributed by atoms with Gasteiger partial charge in [-0.2, -0.15) is 0 Å². The molecule has 30 heavy (non-hydrogen) atoms. The van der Waals surface area contributed by atoms with E-state index < -0.39 is 0 Å². The van der Waals surface area contributed by atoms with E-state index in [1.165, 1.54) is 4.90 Å². The molecule has 1 aromatic heterocycles. The van der Waals surface area contributed by atoms with Gasteiger partial charge in [0.15, 0.2) is 0 Å². The zero-order chi connectivity index (χ0) is 20.7. The second-order valence-corrected chi connectivity index (χ2v) is 7.86. The van der Waals surface area contributed by atoms with E-state index in [1.807, 2.05) is 60.7 Å². The molecule has 1 aliphatic heterocycles. The van der Waals surface area contributed by atoms with E-state index in [0.29, 0.717) is 17.7 Å². The Balaban J connectivity index is 1.60. The number of rotatable bonds is 6. The fourth-order valence-corrected chi connectivity index (χ4v) is 4.38. The molecule has 2 amide bonds. The van der Waals surface area contributed by atoms with Crippen LogP contribution in [-0.2, 0) is 0 Å². The van der Waals surface area contributed by atoms with Crippen molar-refractivity contribution < 1.29 is 14.0 Å². The topological polar surface area (TPSA) is 50.5 Å². The van der Waals surface area contributed by atoms with Gasteiger partial charge in [0.05, 0.1) is 0 Å². The molecule has 3 aromatic carbocycles. The van der Waals surface area contributed by atoms with Crippen LogP contribution in [0.15, 0.2) is 65.1 Å². The smallest absolute Gasteiger partial charge is 0.261 e. The fourth-order valence-electron chi connectivity index (χ4n) is 4.38. The van der Waals surface area contributed by atoms with Gasteiger partial charge in [-0.3, -0.25) is 14.5 Å². The number of fused-ring (bicyclic) bond motifs is 1. The number of unbranched alkanes of at least 4 members (excludes halogenated alkanes) is 3. The minimum Gasteiger partial charge on any atom is -0.456 e. The molecule has 0 saturated carbocycles. The lowest BCUT2D eigenvalue weighted by Gasteiger charge is -2.27. The first-order valence-corrected chi connectivity index (χ1v) is 10.6. The van der Waals surface area contributed by atoms with Crippen molar-refractivity contribution in [2.24, 2.45) is 0 Å². The molecule has 0 saturated heterocycles. The van der Waals surface area contributed by atoms with Crippen LogP contribution in [0.2, 0.25) is 0 Å². The quantitative estimate of drug-likeness (QED) is 0.278. The molecule has 4 aromatic rings. The molecule has 4 heteroatoms. The average molecular weight is 397 g/mol. The van der Waals surface area contributed by atoms with Crippen LogP contribution in [0, 0.1) is 0 Å². The van der Waals surface area contributed by atoms with Gasteiger partial charge in [0.2, 0.25) is 0 Å². The maximum absolute atomic E-state index is 13.1. The lowest BCUT2D eigenvalue weighted by Crippen LogP contribution is -2.40.